The maximum Gasteiger partial charge on any atom is 0.339 e. The van der Waals surface area contributed by atoms with Gasteiger partial charge in [-0.2, -0.15) is 0 Å². The highest BCUT2D eigenvalue weighted by Crippen LogP contribution is 2.33. The number of benzene rings is 1. The summed E-state index contributed by atoms with van der Waals surface area (Å²) in [4.78, 5) is 11.3. The van der Waals surface area contributed by atoms with Gasteiger partial charge in [-0.15, -0.1) is 0 Å². The Morgan fingerprint density at radius 3 is 2.29 bits per heavy atom. The van der Waals surface area contributed by atoms with Crippen LogP contribution < -0.4 is 0 Å². The molecule has 0 aromatic heterocycles. The summed E-state index contributed by atoms with van der Waals surface area (Å²) in [5.41, 5.74) is 1.79. The van der Waals surface area contributed by atoms with Crippen molar-refractivity contribution < 1.29 is 9.53 Å². The molecule has 96 valence electrons. The maximum atomic E-state index is 11.3. The van der Waals surface area contributed by atoms with Crippen LogP contribution in [0.4, 0.5) is 0 Å². The second-order valence-electron chi connectivity index (χ2n) is 3.27. The zero-order chi connectivity index (χ0) is 13.3. The third-order valence-corrected chi connectivity index (χ3v) is 2.33. The smallest absolute Gasteiger partial charge is 0.339 e. The average Bonchev–Trinajstić information content (AvgIpc) is 2.73. The van der Waals surface area contributed by atoms with Crippen LogP contribution in [0.25, 0.3) is 0 Å². The molecule has 2 rings (SSSR count). The molecular weight excluding hydrogens is 212 g/mol. The number of rotatable bonds is 2. The van der Waals surface area contributed by atoms with Crippen LogP contribution in [0.5, 0.6) is 0 Å². The molecular formula is C15H24O2. The highest BCUT2D eigenvalue weighted by molar-refractivity contribution is 5.93. The van der Waals surface area contributed by atoms with E-state index in [0.29, 0.717) is 0 Å². The van der Waals surface area contributed by atoms with E-state index in [9.17, 15) is 4.79 Å². The van der Waals surface area contributed by atoms with Crippen molar-refractivity contribution in [1.29, 1.82) is 0 Å². The van der Waals surface area contributed by atoms with E-state index in [4.69, 9.17) is 4.74 Å². The van der Waals surface area contributed by atoms with Crippen LogP contribution in [0.1, 0.15) is 69.5 Å². The first-order valence-corrected chi connectivity index (χ1v) is 6.63. The quantitative estimate of drug-likeness (QED) is 0.692. The van der Waals surface area contributed by atoms with Crippen molar-refractivity contribution in [3.63, 3.8) is 0 Å². The van der Waals surface area contributed by atoms with Crippen molar-refractivity contribution >= 4 is 5.97 Å². The van der Waals surface area contributed by atoms with Gasteiger partial charge in [0.15, 0.2) is 0 Å². The second kappa shape index (κ2) is 8.80. The summed E-state index contributed by atoms with van der Waals surface area (Å²) in [7, 11) is 0. The van der Waals surface area contributed by atoms with Crippen molar-refractivity contribution in [2.45, 2.75) is 53.6 Å². The van der Waals surface area contributed by atoms with Gasteiger partial charge in [-0.1, -0.05) is 59.2 Å². The molecule has 1 aliphatic rings. The molecule has 1 atom stereocenters. The minimum absolute atomic E-state index is 0.00583. The summed E-state index contributed by atoms with van der Waals surface area (Å²) in [6.45, 7) is 10.1. The molecule has 1 aromatic carbocycles. The average molecular weight is 236 g/mol. The molecule has 1 aromatic rings. The van der Waals surface area contributed by atoms with Gasteiger partial charge in [0.25, 0.3) is 0 Å². The van der Waals surface area contributed by atoms with Crippen molar-refractivity contribution in [2.75, 3.05) is 0 Å². The fourth-order valence-corrected chi connectivity index (χ4v) is 1.70. The number of hydrogen-bond acceptors (Lipinski definition) is 2. The van der Waals surface area contributed by atoms with Gasteiger partial charge in [0.05, 0.1) is 5.56 Å². The summed E-state index contributed by atoms with van der Waals surface area (Å²) in [6, 6.07) is 7.62. The first-order chi connectivity index (χ1) is 8.33. The number of hydrogen-bond donors (Lipinski definition) is 0. The van der Waals surface area contributed by atoms with Crippen LogP contribution in [-0.2, 0) is 4.74 Å². The van der Waals surface area contributed by atoms with Gasteiger partial charge < -0.3 is 4.74 Å². The first kappa shape index (κ1) is 15.7. The molecule has 1 unspecified atom stereocenters. The van der Waals surface area contributed by atoms with Crippen LogP contribution in [0, 0.1) is 0 Å². The van der Waals surface area contributed by atoms with Crippen LogP contribution in [0.15, 0.2) is 24.3 Å². The van der Waals surface area contributed by atoms with Crippen molar-refractivity contribution in [1.82, 2.24) is 0 Å². The first-order valence-electron chi connectivity index (χ1n) is 6.63. The van der Waals surface area contributed by atoms with E-state index in [1.165, 1.54) is 0 Å². The van der Waals surface area contributed by atoms with Crippen LogP contribution >= 0.6 is 0 Å². The van der Waals surface area contributed by atoms with Gasteiger partial charge in [-0.25, -0.2) is 4.79 Å². The fraction of sp³-hybridized carbons (Fsp3) is 0.533. The van der Waals surface area contributed by atoms with Crippen LogP contribution in [0.2, 0.25) is 0 Å². The Bertz CT molecular complexity index is 331. The lowest BCUT2D eigenvalue weighted by Gasteiger charge is -2.07. The van der Waals surface area contributed by atoms with Gasteiger partial charge in [0, 0.05) is 5.56 Å². The van der Waals surface area contributed by atoms with Gasteiger partial charge >= 0.3 is 5.97 Å². The third-order valence-electron chi connectivity index (χ3n) is 2.33. The van der Waals surface area contributed by atoms with E-state index in [2.05, 4.69) is 6.92 Å². The Hall–Kier alpha value is -1.31. The molecule has 0 saturated carbocycles. The monoisotopic (exact) mass is 236 g/mol. The second-order valence-corrected chi connectivity index (χ2v) is 3.27. The molecule has 0 saturated heterocycles. The largest absolute Gasteiger partial charge is 0.454 e. The van der Waals surface area contributed by atoms with E-state index in [-0.39, 0.29) is 12.1 Å². The summed E-state index contributed by atoms with van der Waals surface area (Å²) in [5, 5.41) is 0. The van der Waals surface area contributed by atoms with E-state index in [1.807, 2.05) is 52.0 Å². The molecule has 0 spiro atoms. The Morgan fingerprint density at radius 2 is 1.71 bits per heavy atom. The minimum atomic E-state index is -0.172. The molecule has 0 bridgehead atoms. The highest BCUT2D eigenvalue weighted by Gasteiger charge is 2.29. The molecule has 0 amide bonds. The number of fused-ring (bicyclic) bond motifs is 1. The Labute approximate surface area is 105 Å². The molecule has 1 heterocycles. The van der Waals surface area contributed by atoms with Crippen molar-refractivity contribution in [2.24, 2.45) is 0 Å². The number of ether oxygens (including phenoxy) is 1. The van der Waals surface area contributed by atoms with Crippen LogP contribution in [0.3, 0.4) is 0 Å². The number of carbonyl (C=O) groups is 1. The Balaban J connectivity index is 0.000000581. The minimum Gasteiger partial charge on any atom is -0.454 e. The predicted molar refractivity (Wildman–Crippen MR) is 72.2 cm³/mol. The highest BCUT2D eigenvalue weighted by atomic mass is 16.5. The van der Waals surface area contributed by atoms with E-state index in [1.54, 1.807) is 0 Å². The number of cyclic esters (lactones) is 1. The van der Waals surface area contributed by atoms with Gasteiger partial charge in [0.1, 0.15) is 6.10 Å². The zero-order valence-electron chi connectivity index (χ0n) is 11.6. The SMILES string of the molecule is CC.CC.CCCC1OC(=O)c2ccccc21. The lowest BCUT2D eigenvalue weighted by atomic mass is 10.0. The van der Waals surface area contributed by atoms with Gasteiger partial charge in [-0.05, 0) is 12.5 Å². The van der Waals surface area contributed by atoms with Gasteiger partial charge in [0.2, 0.25) is 0 Å². The topological polar surface area (TPSA) is 26.3 Å². The Kier molecular flexibility index (Phi) is 8.12. The summed E-state index contributed by atoms with van der Waals surface area (Å²) < 4.78 is 5.23. The van der Waals surface area contributed by atoms with Gasteiger partial charge in [-0.3, -0.25) is 0 Å². The van der Waals surface area contributed by atoms with E-state index < -0.39 is 0 Å². The molecule has 0 aliphatic carbocycles. The molecule has 2 heteroatoms. The molecule has 0 radical (unpaired) electrons. The molecule has 1 aliphatic heterocycles. The van der Waals surface area contributed by atoms with Crippen molar-refractivity contribution in [3.05, 3.63) is 35.4 Å². The van der Waals surface area contributed by atoms with Crippen molar-refractivity contribution in [3.8, 4) is 0 Å². The molecule has 2 nitrogen and oxygen atoms in total. The van der Waals surface area contributed by atoms with E-state index in [0.717, 1.165) is 24.0 Å². The van der Waals surface area contributed by atoms with Crippen LogP contribution in [-0.4, -0.2) is 5.97 Å². The summed E-state index contributed by atoms with van der Waals surface area (Å²) in [6.07, 6.45) is 1.95. The molecule has 0 fully saturated rings. The lowest BCUT2D eigenvalue weighted by Crippen LogP contribution is -1.97. The summed E-state index contributed by atoms with van der Waals surface area (Å²) in [5.74, 6) is -0.172. The lowest BCUT2D eigenvalue weighted by molar-refractivity contribution is 0.0367. The molecule has 17 heavy (non-hydrogen) atoms. The summed E-state index contributed by atoms with van der Waals surface area (Å²) >= 11 is 0. The standard InChI is InChI=1S/C11H12O2.2C2H6/c1-2-5-10-8-6-3-4-7-9(8)11(12)13-10;2*1-2/h3-4,6-7,10H,2,5H2,1H3;2*1-2H3. The molecule has 0 N–H and O–H groups in total. The number of esters is 1. The number of carbonyl (C=O) groups excluding carboxylic acids is 1. The predicted octanol–water partition coefficient (Wildman–Crippen LogP) is 4.75. The third kappa shape index (κ3) is 3.88. The maximum absolute atomic E-state index is 11.3. The normalized spacial score (nSPS) is 15.8. The van der Waals surface area contributed by atoms with E-state index >= 15 is 0 Å². The Morgan fingerprint density at radius 1 is 1.12 bits per heavy atom. The zero-order valence-corrected chi connectivity index (χ0v) is 11.6. The fourth-order valence-electron chi connectivity index (χ4n) is 1.70.